The van der Waals surface area contributed by atoms with E-state index in [1.807, 2.05) is 38.4 Å². The molecular weight excluding hydrogens is 248 g/mol. The molecule has 1 aromatic heterocycles. The van der Waals surface area contributed by atoms with Crippen LogP contribution in [-0.4, -0.2) is 24.3 Å². The summed E-state index contributed by atoms with van der Waals surface area (Å²) in [5.41, 5.74) is 4.64. The van der Waals surface area contributed by atoms with Crippen molar-refractivity contribution in [2.24, 2.45) is 0 Å². The molecule has 3 aromatic rings. The van der Waals surface area contributed by atoms with E-state index in [1.54, 1.807) is 6.07 Å². The highest BCUT2D eigenvalue weighted by Crippen LogP contribution is 2.28. The number of nitrogens with one attached hydrogen (secondary N) is 1. The topological polar surface area (TPSA) is 55.7 Å². The molecule has 0 atom stereocenters. The summed E-state index contributed by atoms with van der Waals surface area (Å²) in [4.78, 5) is 2.06. The third kappa shape index (κ3) is 1.99. The fourth-order valence-corrected chi connectivity index (χ4v) is 2.22. The van der Waals surface area contributed by atoms with Gasteiger partial charge in [0.2, 0.25) is 0 Å². The Morgan fingerprint density at radius 1 is 1.10 bits per heavy atom. The molecule has 0 bridgehead atoms. The highest BCUT2D eigenvalue weighted by Gasteiger charge is 2.09. The van der Waals surface area contributed by atoms with Crippen molar-refractivity contribution in [1.82, 2.24) is 10.2 Å². The first kappa shape index (κ1) is 12.2. The Morgan fingerprint density at radius 2 is 1.85 bits per heavy atom. The second-order valence-electron chi connectivity index (χ2n) is 4.89. The lowest BCUT2D eigenvalue weighted by Crippen LogP contribution is -2.07. The minimum atomic E-state index is 0.644. The number of nitriles is 1. The molecule has 20 heavy (non-hydrogen) atoms. The predicted molar refractivity (Wildman–Crippen MR) is 80.6 cm³/mol. The van der Waals surface area contributed by atoms with E-state index >= 15 is 0 Å². The summed E-state index contributed by atoms with van der Waals surface area (Å²) in [5, 5.41) is 17.4. The first-order valence-electron chi connectivity index (χ1n) is 6.35. The monoisotopic (exact) mass is 262 g/mol. The molecular formula is C16H14N4. The zero-order chi connectivity index (χ0) is 14.1. The predicted octanol–water partition coefficient (Wildman–Crippen LogP) is 3.17. The smallest absolute Gasteiger partial charge is 0.0999 e. The minimum absolute atomic E-state index is 0.644. The number of aromatic amines is 1. The van der Waals surface area contributed by atoms with E-state index in [0.717, 1.165) is 27.8 Å². The van der Waals surface area contributed by atoms with Crippen molar-refractivity contribution in [3.8, 4) is 17.3 Å². The van der Waals surface area contributed by atoms with E-state index < -0.39 is 0 Å². The maximum atomic E-state index is 9.01. The van der Waals surface area contributed by atoms with E-state index in [2.05, 4.69) is 33.3 Å². The molecule has 4 nitrogen and oxygen atoms in total. The Kier molecular flexibility index (Phi) is 2.88. The molecule has 2 aromatic carbocycles. The van der Waals surface area contributed by atoms with Gasteiger partial charge in [-0.3, -0.25) is 5.10 Å². The van der Waals surface area contributed by atoms with Gasteiger partial charge in [-0.2, -0.15) is 10.4 Å². The first-order chi connectivity index (χ1) is 9.69. The van der Waals surface area contributed by atoms with Crippen LogP contribution in [0.4, 0.5) is 5.69 Å². The molecule has 1 heterocycles. The van der Waals surface area contributed by atoms with Gasteiger partial charge in [-0.15, -0.1) is 0 Å². The lowest BCUT2D eigenvalue weighted by atomic mass is 10.1. The molecule has 0 aliphatic carbocycles. The Balaban J connectivity index is 2.12. The third-order valence-electron chi connectivity index (χ3n) is 3.35. The minimum Gasteiger partial charge on any atom is -0.378 e. The standard InChI is InChI=1S/C16H14N4/c1-20(2)13-6-4-12(5-7-13)16-14-9-11(10-17)3-8-15(14)18-19-16/h3-9H,1-2H3,(H,18,19). The molecule has 0 radical (unpaired) electrons. The van der Waals surface area contributed by atoms with E-state index in [4.69, 9.17) is 5.26 Å². The molecule has 0 aliphatic rings. The molecule has 0 amide bonds. The second-order valence-corrected chi connectivity index (χ2v) is 4.89. The number of H-pyrrole nitrogens is 1. The lowest BCUT2D eigenvalue weighted by molar-refractivity contribution is 1.12. The molecule has 4 heteroatoms. The fourth-order valence-electron chi connectivity index (χ4n) is 2.22. The lowest BCUT2D eigenvalue weighted by Gasteiger charge is -2.12. The van der Waals surface area contributed by atoms with Crippen LogP contribution in [-0.2, 0) is 0 Å². The van der Waals surface area contributed by atoms with Crippen LogP contribution in [0.25, 0.3) is 22.2 Å². The summed E-state index contributed by atoms with van der Waals surface area (Å²) in [6, 6.07) is 15.9. The maximum Gasteiger partial charge on any atom is 0.0999 e. The van der Waals surface area contributed by atoms with Gasteiger partial charge in [0.25, 0.3) is 0 Å². The van der Waals surface area contributed by atoms with Crippen LogP contribution in [0.5, 0.6) is 0 Å². The first-order valence-corrected chi connectivity index (χ1v) is 6.35. The number of hydrogen-bond acceptors (Lipinski definition) is 3. The summed E-state index contributed by atoms with van der Waals surface area (Å²) in [6.45, 7) is 0. The van der Waals surface area contributed by atoms with Gasteiger partial charge in [-0.05, 0) is 30.3 Å². The Hall–Kier alpha value is -2.80. The quantitative estimate of drug-likeness (QED) is 0.771. The SMILES string of the molecule is CN(C)c1ccc(-c2n[nH]c3ccc(C#N)cc23)cc1. The molecule has 0 aliphatic heterocycles. The van der Waals surface area contributed by atoms with Gasteiger partial charge >= 0.3 is 0 Å². The highest BCUT2D eigenvalue weighted by molar-refractivity contribution is 5.93. The van der Waals surface area contributed by atoms with Crippen LogP contribution in [0.15, 0.2) is 42.5 Å². The summed E-state index contributed by atoms with van der Waals surface area (Å²) in [7, 11) is 4.02. The summed E-state index contributed by atoms with van der Waals surface area (Å²) in [6.07, 6.45) is 0. The van der Waals surface area contributed by atoms with Gasteiger partial charge in [0.05, 0.1) is 22.8 Å². The number of benzene rings is 2. The van der Waals surface area contributed by atoms with Crippen molar-refractivity contribution in [2.75, 3.05) is 19.0 Å². The van der Waals surface area contributed by atoms with Crippen LogP contribution in [0.3, 0.4) is 0 Å². The third-order valence-corrected chi connectivity index (χ3v) is 3.35. The average Bonchev–Trinajstić information content (AvgIpc) is 2.90. The van der Waals surface area contributed by atoms with E-state index in [1.165, 1.54) is 0 Å². The maximum absolute atomic E-state index is 9.01. The van der Waals surface area contributed by atoms with Crippen LogP contribution >= 0.6 is 0 Å². The van der Waals surface area contributed by atoms with Crippen LogP contribution in [0.1, 0.15) is 5.56 Å². The van der Waals surface area contributed by atoms with Crippen molar-refractivity contribution >= 4 is 16.6 Å². The molecule has 0 spiro atoms. The normalized spacial score (nSPS) is 10.4. The van der Waals surface area contributed by atoms with Gasteiger partial charge in [-0.1, -0.05) is 12.1 Å². The summed E-state index contributed by atoms with van der Waals surface area (Å²) >= 11 is 0. The van der Waals surface area contributed by atoms with Crippen LogP contribution in [0.2, 0.25) is 0 Å². The van der Waals surface area contributed by atoms with Crippen molar-refractivity contribution in [2.45, 2.75) is 0 Å². The van der Waals surface area contributed by atoms with Gasteiger partial charge < -0.3 is 4.90 Å². The number of aromatic nitrogens is 2. The Morgan fingerprint density at radius 3 is 2.50 bits per heavy atom. The molecule has 0 saturated carbocycles. The second kappa shape index (κ2) is 4.71. The van der Waals surface area contributed by atoms with Crippen molar-refractivity contribution in [1.29, 1.82) is 5.26 Å². The number of fused-ring (bicyclic) bond motifs is 1. The molecule has 3 rings (SSSR count). The zero-order valence-corrected chi connectivity index (χ0v) is 11.4. The Bertz CT molecular complexity index is 791. The summed E-state index contributed by atoms with van der Waals surface area (Å²) in [5.74, 6) is 0. The molecule has 98 valence electrons. The number of nitrogens with zero attached hydrogens (tertiary/aromatic N) is 3. The number of rotatable bonds is 2. The van der Waals surface area contributed by atoms with Gasteiger partial charge in [0, 0.05) is 30.7 Å². The van der Waals surface area contributed by atoms with Crippen molar-refractivity contribution < 1.29 is 0 Å². The van der Waals surface area contributed by atoms with Gasteiger partial charge in [0.15, 0.2) is 0 Å². The molecule has 0 fully saturated rings. The number of hydrogen-bond donors (Lipinski definition) is 1. The fraction of sp³-hybridized carbons (Fsp3) is 0.125. The zero-order valence-electron chi connectivity index (χ0n) is 11.4. The summed E-state index contributed by atoms with van der Waals surface area (Å²) < 4.78 is 0. The van der Waals surface area contributed by atoms with Crippen LogP contribution in [0, 0.1) is 11.3 Å². The average molecular weight is 262 g/mol. The molecule has 0 unspecified atom stereocenters. The van der Waals surface area contributed by atoms with Gasteiger partial charge in [-0.25, -0.2) is 0 Å². The van der Waals surface area contributed by atoms with Crippen molar-refractivity contribution in [3.63, 3.8) is 0 Å². The van der Waals surface area contributed by atoms with E-state index in [9.17, 15) is 0 Å². The number of anilines is 1. The van der Waals surface area contributed by atoms with Crippen LogP contribution < -0.4 is 4.90 Å². The Labute approximate surface area is 117 Å². The van der Waals surface area contributed by atoms with Crippen molar-refractivity contribution in [3.05, 3.63) is 48.0 Å². The van der Waals surface area contributed by atoms with E-state index in [0.29, 0.717) is 5.56 Å². The largest absolute Gasteiger partial charge is 0.378 e. The van der Waals surface area contributed by atoms with E-state index in [-0.39, 0.29) is 0 Å². The highest BCUT2D eigenvalue weighted by atomic mass is 15.1. The molecule has 1 N–H and O–H groups in total. The van der Waals surface area contributed by atoms with Gasteiger partial charge in [0.1, 0.15) is 0 Å². The molecule has 0 saturated heterocycles.